The van der Waals surface area contributed by atoms with E-state index in [4.69, 9.17) is 5.73 Å². The number of carbonyl (C=O) groups excluding carboxylic acids is 1. The second-order valence-electron chi connectivity index (χ2n) is 5.42. The first-order valence-corrected chi connectivity index (χ1v) is 6.40. The fourth-order valence-corrected chi connectivity index (χ4v) is 1.50. The summed E-state index contributed by atoms with van der Waals surface area (Å²) in [5.41, 5.74) is 4.60. The average Bonchev–Trinajstić information content (AvgIpc) is 2.20. The predicted molar refractivity (Wildman–Crippen MR) is 74.8 cm³/mol. The Morgan fingerprint density at radius 2 is 1.89 bits per heavy atom. The Labute approximate surface area is 115 Å². The second kappa shape index (κ2) is 4.97. The molecule has 3 N–H and O–H groups in total. The topological polar surface area (TPSA) is 55.1 Å². The number of carbonyl (C=O) groups is 1. The molecular weight excluding hydrogens is 299 g/mol. The van der Waals surface area contributed by atoms with Gasteiger partial charge in [-0.1, -0.05) is 15.9 Å². The number of benzene rings is 1. The van der Waals surface area contributed by atoms with Crippen LogP contribution in [0.4, 0.5) is 10.1 Å². The molecule has 0 unspecified atom stereocenters. The average molecular weight is 317 g/mol. The highest BCUT2D eigenvalue weighted by atomic mass is 79.9. The zero-order valence-corrected chi connectivity index (χ0v) is 12.6. The van der Waals surface area contributed by atoms with E-state index in [-0.39, 0.29) is 11.6 Å². The molecule has 0 aromatic heterocycles. The van der Waals surface area contributed by atoms with E-state index in [9.17, 15) is 9.18 Å². The van der Waals surface area contributed by atoms with E-state index in [0.29, 0.717) is 4.47 Å². The molecule has 0 heterocycles. The minimum Gasteiger partial charge on any atom is -0.325 e. The molecule has 100 valence electrons. The maximum Gasteiger partial charge on any atom is 0.231 e. The van der Waals surface area contributed by atoms with Crippen LogP contribution in [0.25, 0.3) is 0 Å². The SMILES string of the molecule is CC(C)(N)C(C)(C)C(=O)Nc1ccc(Br)cc1F. The van der Waals surface area contributed by atoms with Crippen LogP contribution in [0.3, 0.4) is 0 Å². The van der Waals surface area contributed by atoms with Crippen molar-refractivity contribution >= 4 is 27.5 Å². The largest absolute Gasteiger partial charge is 0.325 e. The lowest BCUT2D eigenvalue weighted by Gasteiger charge is -2.36. The van der Waals surface area contributed by atoms with E-state index in [1.165, 1.54) is 12.1 Å². The summed E-state index contributed by atoms with van der Waals surface area (Å²) < 4.78 is 14.2. The lowest BCUT2D eigenvalue weighted by molar-refractivity contribution is -0.126. The quantitative estimate of drug-likeness (QED) is 0.899. The Morgan fingerprint density at radius 1 is 1.33 bits per heavy atom. The summed E-state index contributed by atoms with van der Waals surface area (Å²) in [6, 6.07) is 4.48. The van der Waals surface area contributed by atoms with Crippen LogP contribution in [0.5, 0.6) is 0 Å². The van der Waals surface area contributed by atoms with Crippen LogP contribution in [0.2, 0.25) is 0 Å². The maximum atomic E-state index is 13.6. The van der Waals surface area contributed by atoms with Gasteiger partial charge in [-0.25, -0.2) is 4.39 Å². The molecule has 1 aromatic carbocycles. The standard InChI is InChI=1S/C13H18BrFN2O/c1-12(2,13(3,4)16)11(18)17-10-6-5-8(14)7-9(10)15/h5-7H,16H2,1-4H3,(H,17,18). The number of halogens is 2. The van der Waals surface area contributed by atoms with Gasteiger partial charge in [0.15, 0.2) is 0 Å². The molecule has 1 rings (SSSR count). The molecular formula is C13H18BrFN2O. The monoisotopic (exact) mass is 316 g/mol. The van der Waals surface area contributed by atoms with E-state index in [1.807, 2.05) is 0 Å². The van der Waals surface area contributed by atoms with Crippen molar-refractivity contribution < 1.29 is 9.18 Å². The third-order valence-corrected chi connectivity index (χ3v) is 3.85. The molecule has 0 spiro atoms. The molecule has 3 nitrogen and oxygen atoms in total. The third-order valence-electron chi connectivity index (χ3n) is 3.36. The van der Waals surface area contributed by atoms with Gasteiger partial charge < -0.3 is 11.1 Å². The number of hydrogen-bond donors (Lipinski definition) is 2. The second-order valence-corrected chi connectivity index (χ2v) is 6.34. The van der Waals surface area contributed by atoms with Crippen LogP contribution in [0, 0.1) is 11.2 Å². The molecule has 0 aliphatic rings. The molecule has 1 amide bonds. The lowest BCUT2D eigenvalue weighted by atomic mass is 9.74. The summed E-state index contributed by atoms with van der Waals surface area (Å²) >= 11 is 3.16. The van der Waals surface area contributed by atoms with Gasteiger partial charge in [0.05, 0.1) is 11.1 Å². The molecule has 0 atom stereocenters. The molecule has 0 bridgehead atoms. The highest BCUT2D eigenvalue weighted by Gasteiger charge is 2.40. The molecule has 1 aromatic rings. The van der Waals surface area contributed by atoms with Crippen molar-refractivity contribution in [2.75, 3.05) is 5.32 Å². The van der Waals surface area contributed by atoms with Crippen molar-refractivity contribution in [3.63, 3.8) is 0 Å². The Kier molecular flexibility index (Phi) is 4.18. The van der Waals surface area contributed by atoms with Gasteiger partial charge in [0, 0.05) is 10.0 Å². The predicted octanol–water partition coefficient (Wildman–Crippen LogP) is 3.29. The van der Waals surface area contributed by atoms with Crippen molar-refractivity contribution in [3.8, 4) is 0 Å². The number of hydrogen-bond acceptors (Lipinski definition) is 2. The maximum absolute atomic E-state index is 13.6. The molecule has 0 radical (unpaired) electrons. The van der Waals surface area contributed by atoms with Crippen molar-refractivity contribution in [3.05, 3.63) is 28.5 Å². The van der Waals surface area contributed by atoms with E-state index in [2.05, 4.69) is 21.2 Å². The minimum absolute atomic E-state index is 0.153. The number of nitrogens with one attached hydrogen (secondary N) is 1. The highest BCUT2D eigenvalue weighted by molar-refractivity contribution is 9.10. The van der Waals surface area contributed by atoms with Gasteiger partial charge in [-0.2, -0.15) is 0 Å². The van der Waals surface area contributed by atoms with Crippen LogP contribution in [-0.2, 0) is 4.79 Å². The van der Waals surface area contributed by atoms with Crippen LogP contribution in [0.1, 0.15) is 27.7 Å². The summed E-state index contributed by atoms with van der Waals surface area (Å²) in [4.78, 5) is 12.1. The van der Waals surface area contributed by atoms with Gasteiger partial charge in [-0.3, -0.25) is 4.79 Å². The first kappa shape index (κ1) is 15.1. The number of rotatable bonds is 3. The van der Waals surface area contributed by atoms with Crippen LogP contribution >= 0.6 is 15.9 Å². The summed E-state index contributed by atoms with van der Waals surface area (Å²) in [6.07, 6.45) is 0. The van der Waals surface area contributed by atoms with E-state index in [1.54, 1.807) is 33.8 Å². The van der Waals surface area contributed by atoms with Crippen molar-refractivity contribution in [1.82, 2.24) is 0 Å². The normalized spacial score (nSPS) is 12.4. The van der Waals surface area contributed by atoms with E-state index in [0.717, 1.165) is 0 Å². The van der Waals surface area contributed by atoms with Gasteiger partial charge in [-0.05, 0) is 45.9 Å². The molecule has 18 heavy (non-hydrogen) atoms. The van der Waals surface area contributed by atoms with Gasteiger partial charge in [-0.15, -0.1) is 0 Å². The first-order valence-electron chi connectivity index (χ1n) is 5.61. The fraction of sp³-hybridized carbons (Fsp3) is 0.462. The van der Waals surface area contributed by atoms with Crippen LogP contribution in [-0.4, -0.2) is 11.4 Å². The fourth-order valence-electron chi connectivity index (χ4n) is 1.16. The van der Waals surface area contributed by atoms with Gasteiger partial charge >= 0.3 is 0 Å². The summed E-state index contributed by atoms with van der Waals surface area (Å²) in [7, 11) is 0. The molecule has 0 saturated heterocycles. The zero-order chi connectivity index (χ0) is 14.1. The minimum atomic E-state index is -0.813. The Hall–Kier alpha value is -0.940. The van der Waals surface area contributed by atoms with Gasteiger partial charge in [0.1, 0.15) is 5.82 Å². The number of amides is 1. The molecule has 5 heteroatoms. The van der Waals surface area contributed by atoms with Crippen LogP contribution < -0.4 is 11.1 Å². The number of nitrogens with two attached hydrogens (primary N) is 1. The smallest absolute Gasteiger partial charge is 0.231 e. The van der Waals surface area contributed by atoms with Gasteiger partial charge in [0.25, 0.3) is 0 Å². The van der Waals surface area contributed by atoms with Crippen molar-refractivity contribution in [2.24, 2.45) is 11.1 Å². The molecule has 0 aliphatic carbocycles. The summed E-state index contributed by atoms with van der Waals surface area (Å²) in [5.74, 6) is -0.792. The summed E-state index contributed by atoms with van der Waals surface area (Å²) in [5, 5.41) is 2.57. The van der Waals surface area contributed by atoms with Crippen LogP contribution in [0.15, 0.2) is 22.7 Å². The molecule has 0 aliphatic heterocycles. The highest BCUT2D eigenvalue weighted by Crippen LogP contribution is 2.30. The first-order chi connectivity index (χ1) is 8.05. The molecule has 0 saturated carbocycles. The number of anilines is 1. The Bertz CT molecular complexity index is 467. The van der Waals surface area contributed by atoms with Crippen molar-refractivity contribution in [2.45, 2.75) is 33.2 Å². The van der Waals surface area contributed by atoms with Gasteiger partial charge in [0.2, 0.25) is 5.91 Å². The zero-order valence-electron chi connectivity index (χ0n) is 11.0. The lowest BCUT2D eigenvalue weighted by Crippen LogP contribution is -2.53. The summed E-state index contributed by atoms with van der Waals surface area (Å²) in [6.45, 7) is 7.01. The van der Waals surface area contributed by atoms with Crippen molar-refractivity contribution in [1.29, 1.82) is 0 Å². The Balaban J connectivity index is 2.95. The molecule has 0 fully saturated rings. The van der Waals surface area contributed by atoms with E-state index < -0.39 is 16.8 Å². The third kappa shape index (κ3) is 3.09. The Morgan fingerprint density at radius 3 is 2.33 bits per heavy atom. The van der Waals surface area contributed by atoms with E-state index >= 15 is 0 Å².